The van der Waals surface area contributed by atoms with Gasteiger partial charge in [-0.2, -0.15) is 0 Å². The van der Waals surface area contributed by atoms with Gasteiger partial charge >= 0.3 is 0 Å². The van der Waals surface area contributed by atoms with Gasteiger partial charge < -0.3 is 5.11 Å². The Morgan fingerprint density at radius 2 is 1.85 bits per heavy atom. The smallest absolute Gasteiger partial charge is 0.120 e. The molecular formula is C18H29NO. The zero-order valence-electron chi connectivity index (χ0n) is 13.4. The predicted molar refractivity (Wildman–Crippen MR) is 85.1 cm³/mol. The summed E-state index contributed by atoms with van der Waals surface area (Å²) in [5.74, 6) is 1.11. The van der Waals surface area contributed by atoms with Gasteiger partial charge in [-0.15, -0.1) is 0 Å². The van der Waals surface area contributed by atoms with E-state index in [2.05, 4.69) is 37.8 Å². The van der Waals surface area contributed by atoms with Gasteiger partial charge in [-0.1, -0.05) is 38.8 Å². The van der Waals surface area contributed by atoms with Crippen LogP contribution < -0.4 is 0 Å². The number of nitrogens with zero attached hydrogens (tertiary/aromatic N) is 1. The SMILES string of the molecule is Cc1ccc(C(C)N(CC(C)C)C2CCCC2)c(O)c1. The largest absolute Gasteiger partial charge is 0.508 e. The summed E-state index contributed by atoms with van der Waals surface area (Å²) in [7, 11) is 0. The Hall–Kier alpha value is -1.02. The molecule has 0 aromatic heterocycles. The van der Waals surface area contributed by atoms with Crippen molar-refractivity contribution in [3.63, 3.8) is 0 Å². The molecule has 0 amide bonds. The number of hydrogen-bond donors (Lipinski definition) is 1. The zero-order chi connectivity index (χ0) is 14.7. The van der Waals surface area contributed by atoms with Crippen LogP contribution in [0.15, 0.2) is 18.2 Å². The lowest BCUT2D eigenvalue weighted by Gasteiger charge is -2.36. The molecule has 0 radical (unpaired) electrons. The van der Waals surface area contributed by atoms with Crippen LogP contribution in [0.5, 0.6) is 5.75 Å². The van der Waals surface area contributed by atoms with Crippen molar-refractivity contribution in [3.05, 3.63) is 29.3 Å². The number of aryl methyl sites for hydroxylation is 1. The van der Waals surface area contributed by atoms with E-state index < -0.39 is 0 Å². The van der Waals surface area contributed by atoms with Gasteiger partial charge in [-0.25, -0.2) is 0 Å². The van der Waals surface area contributed by atoms with Crippen molar-refractivity contribution in [1.29, 1.82) is 0 Å². The third-order valence-corrected chi connectivity index (χ3v) is 4.50. The first kappa shape index (κ1) is 15.4. The number of phenolic OH excluding ortho intramolecular Hbond substituents is 1. The molecule has 2 rings (SSSR count). The molecule has 2 nitrogen and oxygen atoms in total. The Balaban J connectivity index is 2.22. The minimum atomic E-state index is 0.293. The van der Waals surface area contributed by atoms with Crippen LogP contribution in [0, 0.1) is 12.8 Å². The number of phenols is 1. The summed E-state index contributed by atoms with van der Waals surface area (Å²) in [6.45, 7) is 9.94. The summed E-state index contributed by atoms with van der Waals surface area (Å²) in [5.41, 5.74) is 2.19. The van der Waals surface area contributed by atoms with Gasteiger partial charge in [-0.3, -0.25) is 4.90 Å². The standard InChI is InChI=1S/C18H29NO/c1-13(2)12-19(16-7-5-6-8-16)15(4)17-10-9-14(3)11-18(17)20/h9-11,13,15-16,20H,5-8,12H2,1-4H3. The van der Waals surface area contributed by atoms with Crippen LogP contribution in [-0.4, -0.2) is 22.6 Å². The molecule has 1 saturated carbocycles. The summed E-state index contributed by atoms with van der Waals surface area (Å²) >= 11 is 0. The molecule has 0 saturated heterocycles. The minimum absolute atomic E-state index is 0.293. The van der Waals surface area contributed by atoms with Crippen LogP contribution in [0.2, 0.25) is 0 Å². The fraction of sp³-hybridized carbons (Fsp3) is 0.667. The monoisotopic (exact) mass is 275 g/mol. The molecule has 0 spiro atoms. The third kappa shape index (κ3) is 3.54. The number of aromatic hydroxyl groups is 1. The van der Waals surface area contributed by atoms with E-state index in [-0.39, 0.29) is 0 Å². The average Bonchev–Trinajstić information content (AvgIpc) is 2.88. The van der Waals surface area contributed by atoms with E-state index in [0.29, 0.717) is 23.8 Å². The third-order valence-electron chi connectivity index (χ3n) is 4.50. The lowest BCUT2D eigenvalue weighted by atomic mass is 10.00. The average molecular weight is 275 g/mol. The highest BCUT2D eigenvalue weighted by Gasteiger charge is 2.28. The van der Waals surface area contributed by atoms with Crippen molar-refractivity contribution in [3.8, 4) is 5.75 Å². The molecule has 2 heteroatoms. The molecule has 1 atom stereocenters. The first-order valence-electron chi connectivity index (χ1n) is 8.04. The topological polar surface area (TPSA) is 23.5 Å². The fourth-order valence-electron chi connectivity index (χ4n) is 3.47. The molecule has 1 aliphatic rings. The second-order valence-corrected chi connectivity index (χ2v) is 6.77. The Morgan fingerprint density at radius 3 is 2.40 bits per heavy atom. The lowest BCUT2D eigenvalue weighted by Crippen LogP contribution is -2.38. The molecule has 1 aromatic carbocycles. The maximum Gasteiger partial charge on any atom is 0.120 e. The van der Waals surface area contributed by atoms with E-state index >= 15 is 0 Å². The molecule has 0 bridgehead atoms. The quantitative estimate of drug-likeness (QED) is 0.844. The van der Waals surface area contributed by atoms with Gasteiger partial charge in [0.15, 0.2) is 0 Å². The maximum absolute atomic E-state index is 10.3. The van der Waals surface area contributed by atoms with Gasteiger partial charge in [-0.05, 0) is 44.2 Å². The number of rotatable bonds is 5. The maximum atomic E-state index is 10.3. The Morgan fingerprint density at radius 1 is 1.20 bits per heavy atom. The highest BCUT2D eigenvalue weighted by Crippen LogP contribution is 2.35. The molecular weight excluding hydrogens is 246 g/mol. The highest BCUT2D eigenvalue weighted by atomic mass is 16.3. The predicted octanol–water partition coefficient (Wildman–Crippen LogP) is 4.66. The van der Waals surface area contributed by atoms with Gasteiger partial charge in [0.05, 0.1) is 0 Å². The van der Waals surface area contributed by atoms with Crippen LogP contribution >= 0.6 is 0 Å². The van der Waals surface area contributed by atoms with Crippen LogP contribution in [0.25, 0.3) is 0 Å². The normalized spacial score (nSPS) is 18.1. The van der Waals surface area contributed by atoms with Crippen molar-refractivity contribution < 1.29 is 5.11 Å². The minimum Gasteiger partial charge on any atom is -0.508 e. The molecule has 1 N–H and O–H groups in total. The van der Waals surface area contributed by atoms with Crippen molar-refractivity contribution >= 4 is 0 Å². The second kappa shape index (κ2) is 6.62. The van der Waals surface area contributed by atoms with E-state index in [1.807, 2.05) is 13.0 Å². The van der Waals surface area contributed by atoms with Gasteiger partial charge in [0.2, 0.25) is 0 Å². The zero-order valence-corrected chi connectivity index (χ0v) is 13.4. The number of benzene rings is 1. The molecule has 1 aromatic rings. The molecule has 1 fully saturated rings. The van der Waals surface area contributed by atoms with E-state index in [1.54, 1.807) is 0 Å². The highest BCUT2D eigenvalue weighted by molar-refractivity contribution is 5.38. The summed E-state index contributed by atoms with van der Waals surface area (Å²) in [6, 6.07) is 7.06. The van der Waals surface area contributed by atoms with Crippen LogP contribution in [0.3, 0.4) is 0 Å². The summed E-state index contributed by atoms with van der Waals surface area (Å²) in [6.07, 6.45) is 5.32. The van der Waals surface area contributed by atoms with Gasteiger partial charge in [0, 0.05) is 24.2 Å². The second-order valence-electron chi connectivity index (χ2n) is 6.77. The van der Waals surface area contributed by atoms with Crippen molar-refractivity contribution in [2.75, 3.05) is 6.54 Å². The van der Waals surface area contributed by atoms with E-state index in [4.69, 9.17) is 0 Å². The first-order chi connectivity index (χ1) is 9.49. The molecule has 0 aliphatic heterocycles. The van der Waals surface area contributed by atoms with Crippen molar-refractivity contribution in [1.82, 2.24) is 4.90 Å². The summed E-state index contributed by atoms with van der Waals surface area (Å²) in [5, 5.41) is 10.3. The van der Waals surface area contributed by atoms with Crippen molar-refractivity contribution in [2.24, 2.45) is 5.92 Å². The Bertz CT molecular complexity index is 435. The lowest BCUT2D eigenvalue weighted by molar-refractivity contribution is 0.126. The van der Waals surface area contributed by atoms with Crippen LogP contribution in [-0.2, 0) is 0 Å². The molecule has 1 aliphatic carbocycles. The molecule has 20 heavy (non-hydrogen) atoms. The van der Waals surface area contributed by atoms with Gasteiger partial charge in [0.25, 0.3) is 0 Å². The van der Waals surface area contributed by atoms with Crippen LogP contribution in [0.1, 0.15) is 63.6 Å². The van der Waals surface area contributed by atoms with E-state index in [9.17, 15) is 5.11 Å². The summed E-state index contributed by atoms with van der Waals surface area (Å²) in [4.78, 5) is 2.61. The molecule has 1 unspecified atom stereocenters. The van der Waals surface area contributed by atoms with Crippen LogP contribution in [0.4, 0.5) is 0 Å². The Labute approximate surface area is 123 Å². The van der Waals surface area contributed by atoms with E-state index in [0.717, 1.165) is 17.7 Å². The molecule has 0 heterocycles. The fourth-order valence-corrected chi connectivity index (χ4v) is 3.47. The van der Waals surface area contributed by atoms with E-state index in [1.165, 1.54) is 25.7 Å². The first-order valence-corrected chi connectivity index (χ1v) is 8.04. The van der Waals surface area contributed by atoms with Gasteiger partial charge in [0.1, 0.15) is 5.75 Å². The van der Waals surface area contributed by atoms with Crippen molar-refractivity contribution in [2.45, 2.75) is 65.5 Å². The molecule has 112 valence electrons. The summed E-state index contributed by atoms with van der Waals surface area (Å²) < 4.78 is 0. The Kier molecular flexibility index (Phi) is 5.09. The number of hydrogen-bond acceptors (Lipinski definition) is 2.